The van der Waals surface area contributed by atoms with Gasteiger partial charge in [-0.25, -0.2) is 0 Å². The molecular weight excluding hydrogens is 324 g/mol. The second-order valence-corrected chi connectivity index (χ2v) is 5.58. The zero-order valence-corrected chi connectivity index (χ0v) is 12.8. The number of nitro benzene ring substituents is 1. The lowest BCUT2D eigenvalue weighted by molar-refractivity contribution is -0.385. The molecule has 0 spiro atoms. The van der Waals surface area contributed by atoms with Crippen molar-refractivity contribution in [3.05, 3.63) is 50.7 Å². The van der Waals surface area contributed by atoms with E-state index in [2.05, 4.69) is 35.1 Å². The average Bonchev–Trinajstić information content (AvgIpc) is 2.85. The minimum absolute atomic E-state index is 0.0285. The lowest BCUT2D eigenvalue weighted by Crippen LogP contribution is -2.21. The number of hydrogen-bond donors (Lipinski definition) is 1. The number of nitrogens with zero attached hydrogens (tertiary/aromatic N) is 1. The molecule has 0 saturated heterocycles. The molecule has 2 rings (SSSR count). The molecule has 20 heavy (non-hydrogen) atoms. The number of rotatable bonds is 5. The van der Waals surface area contributed by atoms with Crippen molar-refractivity contribution in [1.29, 1.82) is 0 Å². The Bertz CT molecular complexity index is 623. The SMILES string of the molecule is CC(C)NCc1ccc(-c2ccc(Br)c([N+](=O)[O-])c2)o1. The normalized spacial score (nSPS) is 11.0. The Morgan fingerprint density at radius 2 is 2.10 bits per heavy atom. The Kier molecular flexibility index (Phi) is 4.57. The van der Waals surface area contributed by atoms with Crippen LogP contribution in [0.1, 0.15) is 19.6 Å². The molecule has 0 radical (unpaired) electrons. The van der Waals surface area contributed by atoms with E-state index in [0.717, 1.165) is 5.76 Å². The van der Waals surface area contributed by atoms with E-state index in [1.165, 1.54) is 6.07 Å². The highest BCUT2D eigenvalue weighted by molar-refractivity contribution is 9.10. The van der Waals surface area contributed by atoms with Crippen LogP contribution in [-0.2, 0) is 6.54 Å². The number of nitro groups is 1. The first-order chi connectivity index (χ1) is 9.47. The molecule has 2 aromatic rings. The second-order valence-electron chi connectivity index (χ2n) is 4.72. The number of furan rings is 1. The first kappa shape index (κ1) is 14.7. The molecular formula is C14H15BrN2O3. The monoisotopic (exact) mass is 338 g/mol. The molecule has 0 aliphatic heterocycles. The summed E-state index contributed by atoms with van der Waals surface area (Å²) >= 11 is 3.17. The molecule has 6 heteroatoms. The summed E-state index contributed by atoms with van der Waals surface area (Å²) in [6, 6.07) is 9.01. The van der Waals surface area contributed by atoms with Crippen molar-refractivity contribution in [2.24, 2.45) is 0 Å². The van der Waals surface area contributed by atoms with Crippen LogP contribution in [0.3, 0.4) is 0 Å². The molecule has 0 amide bonds. The van der Waals surface area contributed by atoms with Gasteiger partial charge in [-0.15, -0.1) is 0 Å². The van der Waals surface area contributed by atoms with E-state index >= 15 is 0 Å². The Labute approximate surface area is 125 Å². The van der Waals surface area contributed by atoms with Crippen LogP contribution in [0, 0.1) is 10.1 Å². The van der Waals surface area contributed by atoms with Gasteiger partial charge in [-0.3, -0.25) is 10.1 Å². The van der Waals surface area contributed by atoms with Crippen LogP contribution in [-0.4, -0.2) is 11.0 Å². The van der Waals surface area contributed by atoms with Gasteiger partial charge in [0, 0.05) is 17.7 Å². The van der Waals surface area contributed by atoms with E-state index in [-0.39, 0.29) is 5.69 Å². The van der Waals surface area contributed by atoms with E-state index < -0.39 is 4.92 Å². The van der Waals surface area contributed by atoms with Gasteiger partial charge < -0.3 is 9.73 Å². The van der Waals surface area contributed by atoms with Crippen molar-refractivity contribution >= 4 is 21.6 Å². The van der Waals surface area contributed by atoms with Crippen LogP contribution in [0.15, 0.2) is 39.2 Å². The van der Waals surface area contributed by atoms with Crippen molar-refractivity contribution < 1.29 is 9.34 Å². The summed E-state index contributed by atoms with van der Waals surface area (Å²) in [4.78, 5) is 10.5. The summed E-state index contributed by atoms with van der Waals surface area (Å²) in [5, 5.41) is 14.2. The minimum atomic E-state index is -0.419. The van der Waals surface area contributed by atoms with Gasteiger partial charge in [0.1, 0.15) is 11.5 Å². The Hall–Kier alpha value is -1.66. The molecule has 1 heterocycles. The summed E-state index contributed by atoms with van der Waals surface area (Å²) in [6.07, 6.45) is 0. The minimum Gasteiger partial charge on any atom is -0.460 e. The summed E-state index contributed by atoms with van der Waals surface area (Å²) in [5.74, 6) is 1.43. The van der Waals surface area contributed by atoms with Gasteiger partial charge in [0.05, 0.1) is 15.9 Å². The van der Waals surface area contributed by atoms with Crippen molar-refractivity contribution in [1.82, 2.24) is 5.32 Å². The van der Waals surface area contributed by atoms with E-state index in [0.29, 0.717) is 28.4 Å². The van der Waals surface area contributed by atoms with Crippen LogP contribution >= 0.6 is 15.9 Å². The van der Waals surface area contributed by atoms with E-state index in [9.17, 15) is 10.1 Å². The summed E-state index contributed by atoms with van der Waals surface area (Å²) in [6.45, 7) is 4.75. The topological polar surface area (TPSA) is 68.3 Å². The third-order valence-electron chi connectivity index (χ3n) is 2.77. The fourth-order valence-electron chi connectivity index (χ4n) is 1.74. The molecule has 0 aliphatic carbocycles. The summed E-state index contributed by atoms with van der Waals surface area (Å²) in [5.41, 5.74) is 0.719. The molecule has 1 aromatic carbocycles. The van der Waals surface area contributed by atoms with Crippen LogP contribution in [0.5, 0.6) is 0 Å². The molecule has 0 fully saturated rings. The third kappa shape index (κ3) is 3.46. The second kappa shape index (κ2) is 6.19. The van der Waals surface area contributed by atoms with Crippen LogP contribution < -0.4 is 5.32 Å². The van der Waals surface area contributed by atoms with E-state index in [1.54, 1.807) is 12.1 Å². The van der Waals surface area contributed by atoms with Crippen LogP contribution in [0.25, 0.3) is 11.3 Å². The van der Waals surface area contributed by atoms with Gasteiger partial charge in [0.15, 0.2) is 0 Å². The highest BCUT2D eigenvalue weighted by Gasteiger charge is 2.14. The van der Waals surface area contributed by atoms with E-state index in [1.807, 2.05) is 12.1 Å². The van der Waals surface area contributed by atoms with Crippen LogP contribution in [0.2, 0.25) is 0 Å². The smallest absolute Gasteiger partial charge is 0.284 e. The maximum absolute atomic E-state index is 10.9. The van der Waals surface area contributed by atoms with Gasteiger partial charge >= 0.3 is 0 Å². The van der Waals surface area contributed by atoms with Gasteiger partial charge in [-0.05, 0) is 40.2 Å². The van der Waals surface area contributed by atoms with Crippen LogP contribution in [0.4, 0.5) is 5.69 Å². The quantitative estimate of drug-likeness (QED) is 0.657. The van der Waals surface area contributed by atoms with Gasteiger partial charge in [0.2, 0.25) is 0 Å². The van der Waals surface area contributed by atoms with Gasteiger partial charge in [-0.1, -0.05) is 13.8 Å². The molecule has 5 nitrogen and oxygen atoms in total. The molecule has 1 N–H and O–H groups in total. The molecule has 0 bridgehead atoms. The number of benzene rings is 1. The van der Waals surface area contributed by atoms with Crippen molar-refractivity contribution in [3.8, 4) is 11.3 Å². The summed E-state index contributed by atoms with van der Waals surface area (Å²) in [7, 11) is 0. The Morgan fingerprint density at radius 3 is 2.75 bits per heavy atom. The molecule has 0 unspecified atom stereocenters. The average molecular weight is 339 g/mol. The first-order valence-electron chi connectivity index (χ1n) is 6.24. The lowest BCUT2D eigenvalue weighted by atomic mass is 10.1. The third-order valence-corrected chi connectivity index (χ3v) is 3.44. The Balaban J connectivity index is 2.24. The predicted octanol–water partition coefficient (Wildman–Crippen LogP) is 4.12. The zero-order valence-electron chi connectivity index (χ0n) is 11.2. The predicted molar refractivity (Wildman–Crippen MR) is 80.5 cm³/mol. The first-order valence-corrected chi connectivity index (χ1v) is 7.03. The Morgan fingerprint density at radius 1 is 1.35 bits per heavy atom. The summed E-state index contributed by atoms with van der Waals surface area (Å²) < 4.78 is 6.15. The maximum Gasteiger partial charge on any atom is 0.284 e. The zero-order chi connectivity index (χ0) is 14.7. The lowest BCUT2D eigenvalue weighted by Gasteiger charge is -2.05. The van der Waals surface area contributed by atoms with Crippen molar-refractivity contribution in [3.63, 3.8) is 0 Å². The maximum atomic E-state index is 10.9. The number of hydrogen-bond acceptors (Lipinski definition) is 4. The van der Waals surface area contributed by atoms with Gasteiger partial charge in [-0.2, -0.15) is 0 Å². The largest absolute Gasteiger partial charge is 0.460 e. The molecule has 106 valence electrons. The number of halogens is 1. The number of nitrogens with one attached hydrogen (secondary N) is 1. The fraction of sp³-hybridized carbons (Fsp3) is 0.286. The van der Waals surface area contributed by atoms with Crippen molar-refractivity contribution in [2.45, 2.75) is 26.4 Å². The molecule has 0 aliphatic rings. The van der Waals surface area contributed by atoms with E-state index in [4.69, 9.17) is 4.42 Å². The molecule has 1 aromatic heterocycles. The molecule has 0 saturated carbocycles. The fourth-order valence-corrected chi connectivity index (χ4v) is 2.13. The van der Waals surface area contributed by atoms with Gasteiger partial charge in [0.25, 0.3) is 5.69 Å². The highest BCUT2D eigenvalue weighted by atomic mass is 79.9. The standard InChI is InChI=1S/C14H15BrN2O3/c1-9(2)16-8-11-4-6-14(20-11)10-3-5-12(15)13(7-10)17(18)19/h3-7,9,16H,8H2,1-2H3. The van der Waals surface area contributed by atoms with Crippen molar-refractivity contribution in [2.75, 3.05) is 0 Å². The highest BCUT2D eigenvalue weighted by Crippen LogP contribution is 2.31. The molecule has 0 atom stereocenters.